The van der Waals surface area contributed by atoms with Crippen molar-refractivity contribution in [1.82, 2.24) is 0 Å². The maximum atomic E-state index is 12.2. The first-order valence-corrected chi connectivity index (χ1v) is 7.23. The maximum Gasteiger partial charge on any atom is 0.227 e. The van der Waals surface area contributed by atoms with Crippen LogP contribution in [-0.2, 0) is 4.79 Å². The molecule has 1 aliphatic rings. The molecular formula is C14H19BrN2O. The number of nitrogens with one attached hydrogen (secondary N) is 1. The van der Waals surface area contributed by atoms with Gasteiger partial charge in [-0.15, -0.1) is 0 Å². The lowest BCUT2D eigenvalue weighted by molar-refractivity contribution is -0.120. The van der Waals surface area contributed by atoms with E-state index in [1.165, 1.54) is 19.3 Å². The normalized spacial score (nSPS) is 16.6. The molecule has 1 aromatic rings. The zero-order chi connectivity index (χ0) is 13.1. The maximum absolute atomic E-state index is 12.2. The van der Waals surface area contributed by atoms with Gasteiger partial charge in [-0.1, -0.05) is 19.3 Å². The number of hydrogen-bond donors (Lipinski definition) is 2. The first-order chi connectivity index (χ1) is 8.58. The number of rotatable bonds is 2. The Morgan fingerprint density at radius 3 is 2.61 bits per heavy atom. The van der Waals surface area contributed by atoms with Crippen molar-refractivity contribution in [2.75, 3.05) is 11.1 Å². The molecule has 0 spiro atoms. The summed E-state index contributed by atoms with van der Waals surface area (Å²) in [6.45, 7) is 1.96. The molecule has 2 rings (SSSR count). The highest BCUT2D eigenvalue weighted by Crippen LogP contribution is 2.31. The van der Waals surface area contributed by atoms with Crippen LogP contribution < -0.4 is 11.1 Å². The number of amides is 1. The highest BCUT2D eigenvalue weighted by molar-refractivity contribution is 9.10. The molecule has 4 heteroatoms. The van der Waals surface area contributed by atoms with Gasteiger partial charge in [0.25, 0.3) is 0 Å². The quantitative estimate of drug-likeness (QED) is 0.815. The Morgan fingerprint density at radius 1 is 1.33 bits per heavy atom. The predicted octanol–water partition coefficient (Wildman–Crippen LogP) is 3.86. The van der Waals surface area contributed by atoms with Gasteiger partial charge < -0.3 is 11.1 Å². The summed E-state index contributed by atoms with van der Waals surface area (Å²) < 4.78 is 0.851. The minimum atomic E-state index is 0.142. The second-order valence-electron chi connectivity index (χ2n) is 5.02. The average molecular weight is 311 g/mol. The van der Waals surface area contributed by atoms with Gasteiger partial charge in [0.05, 0.1) is 5.69 Å². The summed E-state index contributed by atoms with van der Waals surface area (Å²) >= 11 is 3.46. The SMILES string of the molecule is Cc1cc(N)cc(Br)c1NC(=O)C1CCCCC1. The van der Waals surface area contributed by atoms with Crippen molar-refractivity contribution in [2.24, 2.45) is 5.92 Å². The number of hydrogen-bond acceptors (Lipinski definition) is 2. The third kappa shape index (κ3) is 3.05. The molecule has 1 aromatic carbocycles. The van der Waals surface area contributed by atoms with E-state index in [1.807, 2.05) is 19.1 Å². The molecule has 0 aliphatic heterocycles. The molecule has 1 aliphatic carbocycles. The monoisotopic (exact) mass is 310 g/mol. The zero-order valence-electron chi connectivity index (χ0n) is 10.6. The predicted molar refractivity (Wildman–Crippen MR) is 78.5 cm³/mol. The summed E-state index contributed by atoms with van der Waals surface area (Å²) in [5, 5.41) is 3.03. The molecule has 3 N–H and O–H groups in total. The molecule has 1 amide bonds. The molecule has 18 heavy (non-hydrogen) atoms. The zero-order valence-corrected chi connectivity index (χ0v) is 12.2. The molecule has 0 saturated heterocycles. The Morgan fingerprint density at radius 2 is 2.00 bits per heavy atom. The number of carbonyl (C=O) groups excluding carboxylic acids is 1. The van der Waals surface area contributed by atoms with Crippen molar-refractivity contribution < 1.29 is 4.79 Å². The Balaban J connectivity index is 2.11. The minimum Gasteiger partial charge on any atom is -0.399 e. The van der Waals surface area contributed by atoms with Crippen LogP contribution in [-0.4, -0.2) is 5.91 Å². The van der Waals surface area contributed by atoms with E-state index in [0.29, 0.717) is 5.69 Å². The van der Waals surface area contributed by atoms with Crippen LogP contribution in [0.25, 0.3) is 0 Å². The summed E-state index contributed by atoms with van der Waals surface area (Å²) in [6.07, 6.45) is 5.61. The highest BCUT2D eigenvalue weighted by Gasteiger charge is 2.22. The number of aryl methyl sites for hydroxylation is 1. The van der Waals surface area contributed by atoms with Crippen LogP contribution in [0.3, 0.4) is 0 Å². The fourth-order valence-electron chi connectivity index (χ4n) is 2.52. The van der Waals surface area contributed by atoms with Crippen LogP contribution in [0.4, 0.5) is 11.4 Å². The van der Waals surface area contributed by atoms with Crippen LogP contribution in [0.2, 0.25) is 0 Å². The molecule has 0 atom stereocenters. The lowest BCUT2D eigenvalue weighted by atomic mass is 9.88. The number of benzene rings is 1. The third-order valence-electron chi connectivity index (χ3n) is 3.53. The topological polar surface area (TPSA) is 55.1 Å². The summed E-state index contributed by atoms with van der Waals surface area (Å²) in [4.78, 5) is 12.2. The second-order valence-corrected chi connectivity index (χ2v) is 5.87. The van der Waals surface area contributed by atoms with E-state index in [2.05, 4.69) is 21.2 Å². The van der Waals surface area contributed by atoms with E-state index in [1.54, 1.807) is 0 Å². The first-order valence-electron chi connectivity index (χ1n) is 6.44. The summed E-state index contributed by atoms with van der Waals surface area (Å²) in [5.41, 5.74) is 8.30. The third-order valence-corrected chi connectivity index (χ3v) is 4.16. The molecule has 0 radical (unpaired) electrons. The summed E-state index contributed by atoms with van der Waals surface area (Å²) in [6, 6.07) is 3.70. The number of carbonyl (C=O) groups is 1. The molecule has 0 aromatic heterocycles. The Labute approximate surface area is 116 Å². The summed E-state index contributed by atoms with van der Waals surface area (Å²) in [5.74, 6) is 0.311. The molecule has 1 saturated carbocycles. The summed E-state index contributed by atoms with van der Waals surface area (Å²) in [7, 11) is 0. The van der Waals surface area contributed by atoms with Gasteiger partial charge in [-0.3, -0.25) is 4.79 Å². The van der Waals surface area contributed by atoms with E-state index in [9.17, 15) is 4.79 Å². The van der Waals surface area contributed by atoms with Gasteiger partial charge in [0.15, 0.2) is 0 Å². The largest absolute Gasteiger partial charge is 0.399 e. The van der Waals surface area contributed by atoms with E-state index < -0.39 is 0 Å². The van der Waals surface area contributed by atoms with E-state index >= 15 is 0 Å². The molecule has 98 valence electrons. The number of anilines is 2. The minimum absolute atomic E-state index is 0.142. The molecule has 0 bridgehead atoms. The van der Waals surface area contributed by atoms with E-state index in [4.69, 9.17) is 5.73 Å². The Hall–Kier alpha value is -1.03. The Kier molecular flexibility index (Phi) is 4.27. The van der Waals surface area contributed by atoms with Crippen molar-refractivity contribution in [3.05, 3.63) is 22.2 Å². The standard InChI is InChI=1S/C14H19BrN2O/c1-9-7-11(16)8-12(15)13(9)17-14(18)10-5-3-2-4-6-10/h7-8,10H,2-6,16H2,1H3,(H,17,18). The molecule has 0 unspecified atom stereocenters. The number of halogens is 1. The molecular weight excluding hydrogens is 292 g/mol. The van der Waals surface area contributed by atoms with Crippen LogP contribution in [0.15, 0.2) is 16.6 Å². The Bertz CT molecular complexity index is 430. The fraction of sp³-hybridized carbons (Fsp3) is 0.500. The average Bonchev–Trinajstić information content (AvgIpc) is 2.34. The van der Waals surface area contributed by atoms with Crippen molar-refractivity contribution in [2.45, 2.75) is 39.0 Å². The second kappa shape index (κ2) is 5.74. The van der Waals surface area contributed by atoms with Gasteiger partial charge in [-0.25, -0.2) is 0 Å². The molecule has 3 nitrogen and oxygen atoms in total. The molecule has 0 heterocycles. The van der Waals surface area contributed by atoms with Gasteiger partial charge >= 0.3 is 0 Å². The lowest BCUT2D eigenvalue weighted by Gasteiger charge is -2.21. The fourth-order valence-corrected chi connectivity index (χ4v) is 3.20. The molecule has 1 fully saturated rings. The van der Waals surface area contributed by atoms with Gasteiger partial charge in [0.2, 0.25) is 5.91 Å². The van der Waals surface area contributed by atoms with Crippen LogP contribution in [0.1, 0.15) is 37.7 Å². The van der Waals surface area contributed by atoms with Crippen LogP contribution >= 0.6 is 15.9 Å². The van der Waals surface area contributed by atoms with Crippen molar-refractivity contribution in [1.29, 1.82) is 0 Å². The highest BCUT2D eigenvalue weighted by atomic mass is 79.9. The smallest absolute Gasteiger partial charge is 0.227 e. The van der Waals surface area contributed by atoms with Crippen molar-refractivity contribution >= 4 is 33.2 Å². The first kappa shape index (κ1) is 13.4. The lowest BCUT2D eigenvalue weighted by Crippen LogP contribution is -2.25. The van der Waals surface area contributed by atoms with Crippen molar-refractivity contribution in [3.8, 4) is 0 Å². The van der Waals surface area contributed by atoms with Gasteiger partial charge in [0, 0.05) is 16.1 Å². The van der Waals surface area contributed by atoms with Gasteiger partial charge in [0.1, 0.15) is 0 Å². The van der Waals surface area contributed by atoms with Crippen LogP contribution in [0.5, 0.6) is 0 Å². The number of nitrogen functional groups attached to an aromatic ring is 1. The number of nitrogens with two attached hydrogens (primary N) is 1. The van der Waals surface area contributed by atoms with Crippen LogP contribution in [0, 0.1) is 12.8 Å². The van der Waals surface area contributed by atoms with Gasteiger partial charge in [-0.05, 0) is 53.4 Å². The van der Waals surface area contributed by atoms with E-state index in [0.717, 1.165) is 28.6 Å². The van der Waals surface area contributed by atoms with Crippen molar-refractivity contribution in [3.63, 3.8) is 0 Å². The van der Waals surface area contributed by atoms with E-state index in [-0.39, 0.29) is 11.8 Å². The van der Waals surface area contributed by atoms with Gasteiger partial charge in [-0.2, -0.15) is 0 Å².